The monoisotopic (exact) mass is 1240 g/mol. The Kier molecular flexibility index (Phi) is 17.9. The van der Waals surface area contributed by atoms with Crippen molar-refractivity contribution in [3.8, 4) is 56.0 Å². The summed E-state index contributed by atoms with van der Waals surface area (Å²) in [6, 6.07) is 58.0. The first kappa shape index (κ1) is 65.9. The van der Waals surface area contributed by atoms with Gasteiger partial charge in [-0.1, -0.05) is 297 Å². The van der Waals surface area contributed by atoms with E-state index >= 15 is 0 Å². The molecule has 0 unspecified atom stereocenters. The Balaban J connectivity index is 0.938. The van der Waals surface area contributed by atoms with E-state index in [9.17, 15) is 0 Å². The molecule has 3 nitrogen and oxygen atoms in total. The molecule has 0 fully saturated rings. The van der Waals surface area contributed by atoms with Gasteiger partial charge in [0.1, 0.15) is 11.5 Å². The van der Waals surface area contributed by atoms with Gasteiger partial charge < -0.3 is 14.0 Å². The average Bonchev–Trinajstić information content (AvgIpc) is 1.24. The molecule has 0 radical (unpaired) electrons. The van der Waals surface area contributed by atoms with Crippen LogP contribution in [0.2, 0.25) is 0 Å². The largest absolute Gasteiger partial charge is 0.496 e. The number of aryl methyl sites for hydroxylation is 1. The molecule has 1 aromatic heterocycles. The summed E-state index contributed by atoms with van der Waals surface area (Å²) in [4.78, 5) is 0. The number of aromatic nitrogens is 1. The number of hydrogen-bond donors (Lipinski definition) is 0. The second kappa shape index (κ2) is 25.2. The zero-order chi connectivity index (χ0) is 66.2. The van der Waals surface area contributed by atoms with Crippen LogP contribution in [-0.4, -0.2) is 18.8 Å². The van der Waals surface area contributed by atoms with Gasteiger partial charge in [-0.25, -0.2) is 0 Å². The average molecular weight is 1240 g/mol. The minimum absolute atomic E-state index is 0.00219. The van der Waals surface area contributed by atoms with Gasteiger partial charge in [-0.05, 0) is 166 Å². The Morgan fingerprint density at radius 1 is 0.398 bits per heavy atom. The van der Waals surface area contributed by atoms with Gasteiger partial charge in [0.15, 0.2) is 0 Å². The molecular formula is C90H109NO2. The first-order chi connectivity index (χ1) is 44.4. The van der Waals surface area contributed by atoms with Crippen LogP contribution in [0.5, 0.6) is 11.5 Å². The molecule has 486 valence electrons. The van der Waals surface area contributed by atoms with Crippen LogP contribution in [0.1, 0.15) is 251 Å². The number of ether oxygens (including phenoxy) is 2. The first-order valence-electron chi connectivity index (χ1n) is 36.1. The van der Waals surface area contributed by atoms with Crippen molar-refractivity contribution in [3.63, 3.8) is 0 Å². The van der Waals surface area contributed by atoms with E-state index in [1.165, 1.54) is 211 Å². The lowest BCUT2D eigenvalue weighted by Crippen LogP contribution is -2.41. The third-order valence-electron chi connectivity index (χ3n) is 24.4. The van der Waals surface area contributed by atoms with Crippen molar-refractivity contribution in [1.82, 2.24) is 4.57 Å². The fraction of sp³-hybridized carbons (Fsp3) is 0.444. The van der Waals surface area contributed by atoms with Crippen molar-refractivity contribution >= 4 is 43.4 Å². The highest BCUT2D eigenvalue weighted by Gasteiger charge is 2.46. The second-order valence-corrected chi connectivity index (χ2v) is 32.0. The molecule has 9 aromatic carbocycles. The van der Waals surface area contributed by atoms with Crippen LogP contribution in [0, 0.1) is 5.41 Å². The summed E-state index contributed by atoms with van der Waals surface area (Å²) in [7, 11) is 3.65. The summed E-state index contributed by atoms with van der Waals surface area (Å²) in [6.07, 6.45) is 19.3. The Bertz CT molecular complexity index is 4430. The molecule has 0 saturated carbocycles. The van der Waals surface area contributed by atoms with Gasteiger partial charge in [0.25, 0.3) is 0 Å². The molecular weight excluding hydrogens is 1130 g/mol. The lowest BCUT2D eigenvalue weighted by molar-refractivity contribution is 0.225. The van der Waals surface area contributed by atoms with E-state index in [4.69, 9.17) is 9.47 Å². The van der Waals surface area contributed by atoms with Crippen LogP contribution in [0.3, 0.4) is 0 Å². The first-order valence-corrected chi connectivity index (χ1v) is 36.1. The molecule has 3 heteroatoms. The zero-order valence-electron chi connectivity index (χ0n) is 60.3. The molecule has 0 atom stereocenters. The summed E-state index contributed by atoms with van der Waals surface area (Å²) in [5.74, 6) is 1.70. The number of unbranched alkanes of at least 4 members (excludes halogenated alkanes) is 10. The topological polar surface area (TPSA) is 23.4 Å². The van der Waals surface area contributed by atoms with Crippen LogP contribution >= 0.6 is 0 Å². The van der Waals surface area contributed by atoms with E-state index in [0.29, 0.717) is 6.04 Å². The molecule has 0 saturated heterocycles. The van der Waals surface area contributed by atoms with Gasteiger partial charge in [-0.15, -0.1) is 0 Å². The minimum atomic E-state index is -0.438. The number of methoxy groups -OCH3 is 2. The van der Waals surface area contributed by atoms with E-state index in [1.54, 1.807) is 0 Å². The molecule has 0 amide bonds. The summed E-state index contributed by atoms with van der Waals surface area (Å²) < 4.78 is 15.9. The van der Waals surface area contributed by atoms with Crippen molar-refractivity contribution in [2.24, 2.45) is 5.41 Å². The molecule has 0 bridgehead atoms. The van der Waals surface area contributed by atoms with Crippen LogP contribution in [0.15, 0.2) is 146 Å². The van der Waals surface area contributed by atoms with E-state index in [-0.39, 0.29) is 27.1 Å². The van der Waals surface area contributed by atoms with Crippen molar-refractivity contribution in [2.45, 2.75) is 240 Å². The zero-order valence-corrected chi connectivity index (χ0v) is 60.3. The molecule has 0 N–H and O–H groups in total. The van der Waals surface area contributed by atoms with Gasteiger partial charge in [-0.3, -0.25) is 0 Å². The third-order valence-corrected chi connectivity index (χ3v) is 24.4. The number of benzene rings is 9. The van der Waals surface area contributed by atoms with Crippen molar-refractivity contribution in [3.05, 3.63) is 190 Å². The van der Waals surface area contributed by atoms with E-state index in [1.807, 2.05) is 14.2 Å². The quantitative estimate of drug-likeness (QED) is 0.0445. The standard InChI is InChI=1S/C90H109NO2/c1-19-22-24-26-28-30-34-64(35-31-29-27-25-23-20-2)91-77-55-60(40-47-69(77)70-49-43-63(57-78(70)91)88(11,12)85(4,5)6)59-39-45-66-68-48-42-62(56-76(68)87(9,10)74(66)53-59)89(13,14)90(15,16)84-72-37-33-32-36-71(72)81(82-79(92-17)50-51-80(93-18)83(82)84)61-41-46-67-65-44-38-58(21-3)52-73(65)86(7,8)75(67)54-61/h32-33,36-57,64H,19-31,34-35H2,1-18H3. The predicted octanol–water partition coefficient (Wildman–Crippen LogP) is 26.2. The Labute approximate surface area is 560 Å². The lowest BCUT2D eigenvalue weighted by atomic mass is 9.59. The minimum Gasteiger partial charge on any atom is -0.496 e. The molecule has 10 aromatic rings. The normalized spacial score (nSPS) is 14.4. The fourth-order valence-electron chi connectivity index (χ4n) is 16.8. The molecule has 1 heterocycles. The van der Waals surface area contributed by atoms with Crippen molar-refractivity contribution in [2.75, 3.05) is 14.2 Å². The summed E-state index contributed by atoms with van der Waals surface area (Å²) in [5.41, 5.74) is 23.0. The SMILES string of the molecule is CCCCCCCCC(CCCCCCCC)n1c2cc(-c3ccc4c(c3)C(C)(C)c3cc(C(C)(C)C(C)(C)c5c6ccccc6c(-c6ccc7c(c6)C(C)(C)c6cc(CC)ccc6-7)c6c(OC)ccc(OC)c56)ccc3-4)ccc2c2ccc(C(C)(C)C(C)(C)C)cc21. The number of hydrogen-bond acceptors (Lipinski definition) is 2. The highest BCUT2D eigenvalue weighted by molar-refractivity contribution is 6.19. The van der Waals surface area contributed by atoms with E-state index in [0.717, 1.165) is 28.7 Å². The Morgan fingerprint density at radius 2 is 0.849 bits per heavy atom. The summed E-state index contributed by atoms with van der Waals surface area (Å²) in [6.45, 7) is 38.7. The molecule has 0 aliphatic heterocycles. The van der Waals surface area contributed by atoms with Gasteiger partial charge >= 0.3 is 0 Å². The van der Waals surface area contributed by atoms with Crippen molar-refractivity contribution < 1.29 is 9.47 Å². The molecule has 12 rings (SSSR count). The maximum absolute atomic E-state index is 6.53. The second-order valence-electron chi connectivity index (χ2n) is 32.0. The molecule has 93 heavy (non-hydrogen) atoms. The van der Waals surface area contributed by atoms with Crippen LogP contribution < -0.4 is 9.47 Å². The van der Waals surface area contributed by atoms with Crippen LogP contribution in [0.25, 0.3) is 87.9 Å². The van der Waals surface area contributed by atoms with Gasteiger partial charge in [0, 0.05) is 60.4 Å². The maximum atomic E-state index is 6.53. The summed E-state index contributed by atoms with van der Waals surface area (Å²) >= 11 is 0. The van der Waals surface area contributed by atoms with E-state index < -0.39 is 5.41 Å². The van der Waals surface area contributed by atoms with E-state index in [2.05, 4.69) is 261 Å². The lowest BCUT2D eigenvalue weighted by Gasteiger charge is -2.45. The van der Waals surface area contributed by atoms with Crippen LogP contribution in [-0.2, 0) is 33.5 Å². The van der Waals surface area contributed by atoms with Crippen molar-refractivity contribution in [1.29, 1.82) is 0 Å². The summed E-state index contributed by atoms with van der Waals surface area (Å²) in [5, 5.41) is 7.43. The molecule has 2 aliphatic rings. The molecule has 0 spiro atoms. The maximum Gasteiger partial charge on any atom is 0.127 e. The third kappa shape index (κ3) is 11.1. The van der Waals surface area contributed by atoms with Gasteiger partial charge in [0.2, 0.25) is 0 Å². The highest BCUT2D eigenvalue weighted by Crippen LogP contribution is 2.58. The fourth-order valence-corrected chi connectivity index (χ4v) is 16.8. The highest BCUT2D eigenvalue weighted by atomic mass is 16.5. The van der Waals surface area contributed by atoms with Gasteiger partial charge in [0.05, 0.1) is 14.2 Å². The number of rotatable bonds is 24. The van der Waals surface area contributed by atoms with Crippen LogP contribution in [0.4, 0.5) is 0 Å². The predicted molar refractivity (Wildman–Crippen MR) is 403 cm³/mol. The smallest absolute Gasteiger partial charge is 0.127 e. The van der Waals surface area contributed by atoms with Gasteiger partial charge in [-0.2, -0.15) is 0 Å². The Morgan fingerprint density at radius 3 is 1.43 bits per heavy atom. The Hall–Kier alpha value is -7.10. The molecule has 2 aliphatic carbocycles. The number of fused-ring (bicyclic) bond motifs is 11. The number of nitrogens with zero attached hydrogens (tertiary/aromatic N) is 1.